The van der Waals surface area contributed by atoms with Gasteiger partial charge in [0.2, 0.25) is 5.89 Å². The van der Waals surface area contributed by atoms with Crippen molar-refractivity contribution in [2.75, 3.05) is 13.1 Å². The lowest BCUT2D eigenvalue weighted by Crippen LogP contribution is -2.37. The Hall–Kier alpha value is -1.35. The molecule has 16 heavy (non-hydrogen) atoms. The summed E-state index contributed by atoms with van der Waals surface area (Å²) in [4.78, 5) is 4.61. The van der Waals surface area contributed by atoms with E-state index in [1.54, 1.807) is 0 Å². The van der Waals surface area contributed by atoms with Crippen LogP contribution in [0.15, 0.2) is 28.7 Å². The Bertz CT molecular complexity index is 464. The lowest BCUT2D eigenvalue weighted by molar-refractivity contribution is 0.275. The van der Waals surface area contributed by atoms with E-state index in [2.05, 4.69) is 17.2 Å². The summed E-state index contributed by atoms with van der Waals surface area (Å²) < 4.78 is 5.87. The van der Waals surface area contributed by atoms with E-state index in [4.69, 9.17) is 4.42 Å². The van der Waals surface area contributed by atoms with Crippen LogP contribution in [-0.4, -0.2) is 18.1 Å². The van der Waals surface area contributed by atoms with Gasteiger partial charge in [0.15, 0.2) is 5.58 Å². The Morgan fingerprint density at radius 2 is 2.00 bits per heavy atom. The summed E-state index contributed by atoms with van der Waals surface area (Å²) in [7, 11) is 0. The quantitative estimate of drug-likeness (QED) is 0.795. The maximum atomic E-state index is 5.87. The summed E-state index contributed by atoms with van der Waals surface area (Å²) in [6.45, 7) is 4.35. The van der Waals surface area contributed by atoms with E-state index in [0.717, 1.165) is 42.9 Å². The molecule has 1 fully saturated rings. The monoisotopic (exact) mass is 216 g/mol. The van der Waals surface area contributed by atoms with Crippen LogP contribution in [0.25, 0.3) is 11.1 Å². The second-order valence-electron chi connectivity index (χ2n) is 4.80. The number of nitrogens with one attached hydrogen (secondary N) is 1. The molecule has 1 aliphatic heterocycles. The molecule has 3 rings (SSSR count). The second-order valence-corrected chi connectivity index (χ2v) is 4.80. The van der Waals surface area contributed by atoms with E-state index < -0.39 is 0 Å². The minimum atomic E-state index is 0.101. The third kappa shape index (κ3) is 1.52. The van der Waals surface area contributed by atoms with E-state index in [1.165, 1.54) is 0 Å². The number of fused-ring (bicyclic) bond motifs is 1. The molecule has 0 radical (unpaired) electrons. The van der Waals surface area contributed by atoms with Gasteiger partial charge in [-0.1, -0.05) is 19.1 Å². The number of piperidine rings is 1. The first-order chi connectivity index (χ1) is 7.78. The van der Waals surface area contributed by atoms with E-state index in [1.807, 2.05) is 24.3 Å². The Morgan fingerprint density at radius 3 is 2.75 bits per heavy atom. The highest BCUT2D eigenvalue weighted by Gasteiger charge is 2.33. The molecular formula is C13H16N2O. The smallest absolute Gasteiger partial charge is 0.201 e. The van der Waals surface area contributed by atoms with Crippen molar-refractivity contribution in [1.82, 2.24) is 10.3 Å². The van der Waals surface area contributed by atoms with Gasteiger partial charge in [-0.25, -0.2) is 4.98 Å². The van der Waals surface area contributed by atoms with Crippen LogP contribution in [0, 0.1) is 0 Å². The van der Waals surface area contributed by atoms with E-state index in [0.29, 0.717) is 0 Å². The Kier molecular flexibility index (Phi) is 2.21. The zero-order chi connectivity index (χ0) is 11.0. The molecule has 3 heteroatoms. The van der Waals surface area contributed by atoms with Gasteiger partial charge in [-0.05, 0) is 38.1 Å². The predicted octanol–water partition coefficient (Wildman–Crippen LogP) is 2.47. The summed E-state index contributed by atoms with van der Waals surface area (Å²) in [5, 5.41) is 3.37. The lowest BCUT2D eigenvalue weighted by Gasteiger charge is -2.30. The number of hydrogen-bond acceptors (Lipinski definition) is 3. The molecular weight excluding hydrogens is 200 g/mol. The van der Waals surface area contributed by atoms with Crippen LogP contribution in [0.4, 0.5) is 0 Å². The number of oxazole rings is 1. The van der Waals surface area contributed by atoms with Crippen molar-refractivity contribution in [2.45, 2.75) is 25.2 Å². The molecule has 1 aliphatic rings. The second kappa shape index (κ2) is 3.59. The summed E-state index contributed by atoms with van der Waals surface area (Å²) in [6, 6.07) is 7.98. The number of aromatic nitrogens is 1. The van der Waals surface area contributed by atoms with Gasteiger partial charge >= 0.3 is 0 Å². The van der Waals surface area contributed by atoms with Gasteiger partial charge in [0.05, 0.1) is 0 Å². The SMILES string of the molecule is CC1(c2nc3ccccc3o2)CCNCC1. The molecule has 0 spiro atoms. The molecule has 1 aromatic carbocycles. The molecule has 0 aliphatic carbocycles. The number of hydrogen-bond donors (Lipinski definition) is 1. The van der Waals surface area contributed by atoms with Crippen molar-refractivity contribution in [1.29, 1.82) is 0 Å². The summed E-state index contributed by atoms with van der Waals surface area (Å²) in [6.07, 6.45) is 2.19. The van der Waals surface area contributed by atoms with E-state index in [-0.39, 0.29) is 5.41 Å². The number of rotatable bonds is 1. The zero-order valence-corrected chi connectivity index (χ0v) is 9.49. The predicted molar refractivity (Wildman–Crippen MR) is 63.5 cm³/mol. The summed E-state index contributed by atoms with van der Waals surface area (Å²) >= 11 is 0. The fourth-order valence-corrected chi connectivity index (χ4v) is 2.32. The lowest BCUT2D eigenvalue weighted by atomic mass is 9.81. The van der Waals surface area contributed by atoms with Crippen LogP contribution in [0.3, 0.4) is 0 Å². The molecule has 0 saturated carbocycles. The first-order valence-corrected chi connectivity index (χ1v) is 5.85. The Balaban J connectivity index is 2.04. The molecule has 3 nitrogen and oxygen atoms in total. The molecule has 1 aromatic heterocycles. The fourth-order valence-electron chi connectivity index (χ4n) is 2.32. The van der Waals surface area contributed by atoms with Crippen LogP contribution < -0.4 is 5.32 Å². The highest BCUT2D eigenvalue weighted by molar-refractivity contribution is 5.72. The largest absolute Gasteiger partial charge is 0.440 e. The molecule has 0 unspecified atom stereocenters. The van der Waals surface area contributed by atoms with Crippen LogP contribution in [0.5, 0.6) is 0 Å². The van der Waals surface area contributed by atoms with Gasteiger partial charge in [0.1, 0.15) is 5.52 Å². The number of nitrogens with zero attached hydrogens (tertiary/aromatic N) is 1. The Morgan fingerprint density at radius 1 is 1.25 bits per heavy atom. The van der Waals surface area contributed by atoms with Crippen molar-refractivity contribution in [3.63, 3.8) is 0 Å². The Labute approximate surface area is 94.9 Å². The van der Waals surface area contributed by atoms with Crippen LogP contribution in [0.1, 0.15) is 25.7 Å². The van der Waals surface area contributed by atoms with Crippen LogP contribution in [-0.2, 0) is 5.41 Å². The normalized spacial score (nSPS) is 20.1. The molecule has 2 heterocycles. The highest BCUT2D eigenvalue weighted by Crippen LogP contribution is 2.33. The van der Waals surface area contributed by atoms with Gasteiger partial charge in [-0.3, -0.25) is 0 Å². The molecule has 1 N–H and O–H groups in total. The fraction of sp³-hybridized carbons (Fsp3) is 0.462. The molecule has 0 amide bonds. The van der Waals surface area contributed by atoms with Crippen molar-refractivity contribution in [3.05, 3.63) is 30.2 Å². The van der Waals surface area contributed by atoms with Crippen molar-refractivity contribution in [3.8, 4) is 0 Å². The van der Waals surface area contributed by atoms with Gasteiger partial charge in [0, 0.05) is 5.41 Å². The van der Waals surface area contributed by atoms with Crippen molar-refractivity contribution in [2.24, 2.45) is 0 Å². The molecule has 1 saturated heterocycles. The first-order valence-electron chi connectivity index (χ1n) is 5.85. The van der Waals surface area contributed by atoms with Crippen molar-refractivity contribution < 1.29 is 4.42 Å². The topological polar surface area (TPSA) is 38.1 Å². The van der Waals surface area contributed by atoms with Gasteiger partial charge in [-0.15, -0.1) is 0 Å². The maximum Gasteiger partial charge on any atom is 0.201 e. The molecule has 0 bridgehead atoms. The average molecular weight is 216 g/mol. The van der Waals surface area contributed by atoms with Crippen LogP contribution >= 0.6 is 0 Å². The van der Waals surface area contributed by atoms with E-state index in [9.17, 15) is 0 Å². The maximum absolute atomic E-state index is 5.87. The van der Waals surface area contributed by atoms with Gasteiger partial charge in [-0.2, -0.15) is 0 Å². The van der Waals surface area contributed by atoms with E-state index >= 15 is 0 Å². The van der Waals surface area contributed by atoms with Crippen molar-refractivity contribution >= 4 is 11.1 Å². The standard InChI is InChI=1S/C13H16N2O/c1-13(6-8-14-9-7-13)12-15-10-4-2-3-5-11(10)16-12/h2-5,14H,6-9H2,1H3. The summed E-state index contributed by atoms with van der Waals surface area (Å²) in [5.41, 5.74) is 1.97. The van der Waals surface area contributed by atoms with Gasteiger partial charge < -0.3 is 9.73 Å². The number of para-hydroxylation sites is 2. The molecule has 84 valence electrons. The minimum absolute atomic E-state index is 0.101. The number of benzene rings is 1. The third-order valence-corrected chi connectivity index (χ3v) is 3.52. The first kappa shape index (κ1) is 9.85. The van der Waals surface area contributed by atoms with Crippen LogP contribution in [0.2, 0.25) is 0 Å². The molecule has 0 atom stereocenters. The van der Waals surface area contributed by atoms with Gasteiger partial charge in [0.25, 0.3) is 0 Å². The minimum Gasteiger partial charge on any atom is -0.440 e. The highest BCUT2D eigenvalue weighted by atomic mass is 16.3. The zero-order valence-electron chi connectivity index (χ0n) is 9.49. The summed E-state index contributed by atoms with van der Waals surface area (Å²) in [5.74, 6) is 0.898. The average Bonchev–Trinajstić information content (AvgIpc) is 2.74. The third-order valence-electron chi connectivity index (χ3n) is 3.52. The molecule has 2 aromatic rings.